The van der Waals surface area contributed by atoms with Gasteiger partial charge in [-0.05, 0) is 62.3 Å². The van der Waals surface area contributed by atoms with E-state index in [1.807, 2.05) is 115 Å². The number of carbonyl (C=O) groups excluding carboxylic acids is 1. The van der Waals surface area contributed by atoms with Crippen LogP contribution in [0.4, 0.5) is 5.69 Å². The minimum Gasteiger partial charge on any atom is -0.460 e. The molecule has 0 bridgehead atoms. The van der Waals surface area contributed by atoms with Crippen LogP contribution in [0, 0.1) is 10.1 Å². The Labute approximate surface area is 432 Å². The Hall–Kier alpha value is -6.10. The second-order valence-corrected chi connectivity index (χ2v) is 26.1. The number of hydrogen-bond acceptors (Lipinski definition) is 9. The minimum atomic E-state index is -4.38. The van der Waals surface area contributed by atoms with Gasteiger partial charge in [0.25, 0.3) is 14.0 Å². The summed E-state index contributed by atoms with van der Waals surface area (Å²) in [6, 6.07) is 63.4. The lowest BCUT2D eigenvalue weighted by Gasteiger charge is -2.56. The molecule has 4 atom stereocenters. The number of benzene rings is 7. The fourth-order valence-corrected chi connectivity index (χ4v) is 16.6. The van der Waals surface area contributed by atoms with Crippen molar-refractivity contribution in [1.82, 2.24) is 9.62 Å². The van der Waals surface area contributed by atoms with Crippen molar-refractivity contribution in [2.45, 2.75) is 73.8 Å². The van der Waals surface area contributed by atoms with Crippen LogP contribution in [0.3, 0.4) is 0 Å². The Morgan fingerprint density at radius 2 is 1.18 bits per heavy atom. The number of para-hydroxylation sites is 1. The average molecular weight is 1070 g/mol. The number of likely N-dealkylation sites (tertiary alicyclic amines) is 1. The molecule has 0 radical (unpaired) electrons. The first-order valence-electron chi connectivity index (χ1n) is 24.1. The van der Waals surface area contributed by atoms with Crippen molar-refractivity contribution in [2.75, 3.05) is 26.3 Å². The first-order valence-corrected chi connectivity index (χ1v) is 28.3. The van der Waals surface area contributed by atoms with Gasteiger partial charge < -0.3 is 13.9 Å². The molecule has 1 N–H and O–H groups in total. The summed E-state index contributed by atoms with van der Waals surface area (Å²) in [5.41, 5.74) is 2.15. The lowest BCUT2D eigenvalue weighted by Crippen LogP contribution is -2.68. The third kappa shape index (κ3) is 11.1. The van der Waals surface area contributed by atoms with Crippen molar-refractivity contribution in [3.05, 3.63) is 237 Å². The summed E-state index contributed by atoms with van der Waals surface area (Å²) in [7, 11) is -7.45. The number of rotatable bonds is 21. The minimum absolute atomic E-state index is 0.0936. The van der Waals surface area contributed by atoms with Crippen LogP contribution in [0.15, 0.2) is 210 Å². The first kappa shape index (κ1) is 52.2. The Kier molecular flexibility index (Phi) is 16.5. The van der Waals surface area contributed by atoms with Crippen molar-refractivity contribution in [3.63, 3.8) is 0 Å². The van der Waals surface area contributed by atoms with Crippen LogP contribution in [0.5, 0.6) is 0 Å². The maximum Gasteiger partial charge on any atom is 0.302 e. The van der Waals surface area contributed by atoms with Gasteiger partial charge >= 0.3 is 5.97 Å². The fourth-order valence-electron chi connectivity index (χ4n) is 10.5. The van der Waals surface area contributed by atoms with Gasteiger partial charge in [-0.15, -0.1) is 0 Å². The highest BCUT2D eigenvalue weighted by molar-refractivity contribution is 9.10. The number of nitrogens with one attached hydrogen (secondary N) is 1. The van der Waals surface area contributed by atoms with E-state index in [9.17, 15) is 23.3 Å². The molecule has 7 aromatic carbocycles. The maximum atomic E-state index is 14.2. The maximum absolute atomic E-state index is 14.2. The predicted octanol–water partition coefficient (Wildman–Crippen LogP) is 10.4. The second-order valence-electron chi connectivity index (χ2n) is 19.1. The van der Waals surface area contributed by atoms with Gasteiger partial charge in [0.1, 0.15) is 11.7 Å². The van der Waals surface area contributed by atoms with Gasteiger partial charge in [0.15, 0.2) is 4.90 Å². The Morgan fingerprint density at radius 1 is 0.708 bits per heavy atom. The molecule has 1 fully saturated rings. The number of ether oxygens (including phenoxy) is 2. The molecule has 8 rings (SSSR count). The topological polar surface area (TPSA) is 137 Å². The van der Waals surface area contributed by atoms with Gasteiger partial charge in [0, 0.05) is 48.6 Å². The van der Waals surface area contributed by atoms with Gasteiger partial charge in [0.05, 0.1) is 18.1 Å². The SMILES string of the molecule is CC(=O)OC(CCN1[C@H](COC(c2ccccc2)(c2ccccc2)c2ccccc2)[C@H](c2ccc(Br)cc2)[C@@H]1CNS(=O)(=O)c1ccccc1[N+](=O)[O-])CO[Si](c1ccccc1)(c1ccccc1)C(C)(C)C. The Balaban J connectivity index is 1.20. The summed E-state index contributed by atoms with van der Waals surface area (Å²) in [5.74, 6) is -0.749. The number of hydrogen-bond donors (Lipinski definition) is 1. The van der Waals surface area contributed by atoms with Crippen LogP contribution in [0.1, 0.15) is 62.3 Å². The molecule has 1 saturated heterocycles. The molecule has 0 aromatic heterocycles. The normalized spacial score (nSPS) is 16.9. The zero-order valence-corrected chi connectivity index (χ0v) is 44.2. The van der Waals surface area contributed by atoms with Gasteiger partial charge in [-0.1, -0.05) is 213 Å². The summed E-state index contributed by atoms with van der Waals surface area (Å²) in [6.45, 7) is 8.53. The van der Waals surface area contributed by atoms with E-state index in [1.54, 1.807) is 0 Å². The van der Waals surface area contributed by atoms with Gasteiger partial charge in [0.2, 0.25) is 10.0 Å². The Bertz CT molecular complexity index is 2870. The van der Waals surface area contributed by atoms with Crippen molar-refractivity contribution in [2.24, 2.45) is 0 Å². The predicted molar refractivity (Wildman–Crippen MR) is 288 cm³/mol. The van der Waals surface area contributed by atoms with Crippen molar-refractivity contribution in [1.29, 1.82) is 0 Å². The van der Waals surface area contributed by atoms with Crippen molar-refractivity contribution >= 4 is 56.3 Å². The molecule has 1 unspecified atom stereocenters. The molecule has 372 valence electrons. The monoisotopic (exact) mass is 1070 g/mol. The van der Waals surface area contributed by atoms with E-state index < -0.39 is 57.6 Å². The zero-order chi connectivity index (χ0) is 50.9. The summed E-state index contributed by atoms with van der Waals surface area (Å²) < 4.78 is 53.0. The van der Waals surface area contributed by atoms with E-state index in [4.69, 9.17) is 13.9 Å². The molecule has 1 aliphatic rings. The number of carbonyl (C=O) groups is 1. The van der Waals surface area contributed by atoms with Crippen LogP contribution in [-0.4, -0.2) is 77.0 Å². The first-order chi connectivity index (χ1) is 34.7. The van der Waals surface area contributed by atoms with E-state index in [2.05, 4.69) is 107 Å². The molecule has 0 spiro atoms. The highest BCUT2D eigenvalue weighted by Crippen LogP contribution is 2.46. The molecule has 11 nitrogen and oxygen atoms in total. The summed E-state index contributed by atoms with van der Waals surface area (Å²) in [5, 5.41) is 13.9. The fraction of sp³-hybridized carbons (Fsp3) is 0.259. The summed E-state index contributed by atoms with van der Waals surface area (Å²) in [4.78, 5) is 26.3. The number of nitrogens with zero attached hydrogens (tertiary/aromatic N) is 2. The third-order valence-electron chi connectivity index (χ3n) is 13.7. The van der Waals surface area contributed by atoms with Gasteiger partial charge in [-0.25, -0.2) is 13.1 Å². The summed E-state index contributed by atoms with van der Waals surface area (Å²) >= 11 is 3.61. The lowest BCUT2D eigenvalue weighted by molar-refractivity contribution is -0.387. The van der Waals surface area contributed by atoms with E-state index in [0.29, 0.717) is 13.0 Å². The third-order valence-corrected chi connectivity index (χ3v) is 20.7. The molecule has 0 aliphatic carbocycles. The average Bonchev–Trinajstić information content (AvgIpc) is 3.38. The molecule has 1 aliphatic heterocycles. The molecule has 7 aromatic rings. The molecule has 0 amide bonds. The molecule has 1 heterocycles. The highest BCUT2D eigenvalue weighted by atomic mass is 79.9. The van der Waals surface area contributed by atoms with Gasteiger partial charge in [-0.3, -0.25) is 19.8 Å². The number of nitro groups is 1. The zero-order valence-electron chi connectivity index (χ0n) is 40.8. The molecule has 72 heavy (non-hydrogen) atoms. The van der Waals surface area contributed by atoms with E-state index in [1.165, 1.54) is 31.2 Å². The van der Waals surface area contributed by atoms with Crippen molar-refractivity contribution < 1.29 is 32.0 Å². The molecule has 0 saturated carbocycles. The number of halogens is 1. The molecular formula is C58H60BrN3O8SSi. The van der Waals surface area contributed by atoms with Crippen LogP contribution in [0.25, 0.3) is 0 Å². The standard InChI is InChI=1S/C58H60BrN3O8SSi/c1-43(63)70-49(41-69-72(57(2,3)4,50-28-16-8-17-29-50)51-30-18-9-19-31-51)38-39-61-53(40-60-71(66,67)55-33-21-20-32-52(55)62(64)65)56(44-34-36-48(59)37-35-44)54(61)42-68-58(45-22-10-5-11-23-45,46-24-12-6-13-25-46)47-26-14-7-15-27-47/h5-37,49,53-54,56,60H,38-42H2,1-4H3/t49?,53-,54+,56+/m0/s1. The second kappa shape index (κ2) is 22.8. The van der Waals surface area contributed by atoms with Crippen LogP contribution in [0.2, 0.25) is 5.04 Å². The number of nitro benzene ring substituents is 1. The Morgan fingerprint density at radius 3 is 1.65 bits per heavy atom. The number of sulfonamides is 1. The smallest absolute Gasteiger partial charge is 0.302 e. The van der Waals surface area contributed by atoms with Crippen LogP contribution in [-0.2, 0) is 34.3 Å². The largest absolute Gasteiger partial charge is 0.460 e. The van der Waals surface area contributed by atoms with E-state index >= 15 is 0 Å². The quantitative estimate of drug-likeness (QED) is 0.0245. The highest BCUT2D eigenvalue weighted by Gasteiger charge is 2.53. The molecule has 14 heteroatoms. The van der Waals surface area contributed by atoms with Crippen LogP contribution < -0.4 is 15.1 Å². The van der Waals surface area contributed by atoms with Crippen molar-refractivity contribution in [3.8, 4) is 0 Å². The van der Waals surface area contributed by atoms with E-state index in [0.717, 1.165) is 37.1 Å². The van der Waals surface area contributed by atoms with Gasteiger partial charge in [-0.2, -0.15) is 0 Å². The van der Waals surface area contributed by atoms with E-state index in [-0.39, 0.29) is 36.8 Å². The number of esters is 1. The molecular weight excluding hydrogens is 1010 g/mol. The van der Waals surface area contributed by atoms with Crippen LogP contribution >= 0.6 is 15.9 Å². The summed E-state index contributed by atoms with van der Waals surface area (Å²) in [6.07, 6.45) is -0.366. The lowest BCUT2D eigenvalue weighted by atomic mass is 9.74.